The maximum absolute atomic E-state index is 12.3. The Morgan fingerprint density at radius 1 is 1.22 bits per heavy atom. The number of benzene rings is 1. The molecule has 2 aromatic heterocycles. The molecule has 0 aliphatic heterocycles. The number of hydrogen-bond acceptors (Lipinski definition) is 5. The van der Waals surface area contributed by atoms with Gasteiger partial charge < -0.3 is 14.5 Å². The first-order valence-electron chi connectivity index (χ1n) is 7.18. The van der Waals surface area contributed by atoms with E-state index in [9.17, 15) is 9.59 Å². The van der Waals surface area contributed by atoms with Crippen molar-refractivity contribution in [1.29, 1.82) is 0 Å². The van der Waals surface area contributed by atoms with Crippen LogP contribution in [0.4, 0.5) is 0 Å². The number of pyridine rings is 1. The number of rotatable bonds is 5. The van der Waals surface area contributed by atoms with E-state index in [0.29, 0.717) is 10.2 Å². The van der Waals surface area contributed by atoms with Gasteiger partial charge in [0, 0.05) is 0 Å². The molecule has 0 fully saturated rings. The van der Waals surface area contributed by atoms with Crippen LogP contribution in [-0.4, -0.2) is 17.6 Å². The number of thiophene rings is 1. The number of carbonyl (C=O) groups is 1. The number of fused-ring (bicyclic) bond motifs is 1. The standard InChI is InChI=1S/C17H15NO4S/c1-2-21-17(20)13-14(22-10-11-6-4-3-5-7-11)16(19)18-12-8-9-23-15(12)13/h3-9H,2,10H2,1H3,(H,18,19). The van der Waals surface area contributed by atoms with Crippen molar-refractivity contribution in [3.63, 3.8) is 0 Å². The molecular weight excluding hydrogens is 314 g/mol. The molecular formula is C17H15NO4S. The Morgan fingerprint density at radius 3 is 2.74 bits per heavy atom. The minimum absolute atomic E-state index is 0.00209. The Hall–Kier alpha value is -2.60. The molecule has 0 saturated carbocycles. The Balaban J connectivity index is 2.03. The highest BCUT2D eigenvalue weighted by Gasteiger charge is 2.22. The van der Waals surface area contributed by atoms with E-state index in [0.717, 1.165) is 5.56 Å². The Bertz CT molecular complexity index is 882. The van der Waals surface area contributed by atoms with Crippen LogP contribution in [0.5, 0.6) is 5.75 Å². The zero-order valence-electron chi connectivity index (χ0n) is 12.5. The average molecular weight is 329 g/mol. The highest BCUT2D eigenvalue weighted by atomic mass is 32.1. The molecule has 0 radical (unpaired) electrons. The van der Waals surface area contributed by atoms with Crippen LogP contribution in [0.3, 0.4) is 0 Å². The van der Waals surface area contributed by atoms with Gasteiger partial charge in [0.15, 0.2) is 0 Å². The molecule has 0 saturated heterocycles. The monoisotopic (exact) mass is 329 g/mol. The van der Waals surface area contributed by atoms with Crippen molar-refractivity contribution < 1.29 is 14.3 Å². The molecule has 0 aliphatic carbocycles. The van der Waals surface area contributed by atoms with E-state index in [1.807, 2.05) is 35.7 Å². The van der Waals surface area contributed by atoms with Gasteiger partial charge in [-0.2, -0.15) is 0 Å². The number of aromatic nitrogens is 1. The van der Waals surface area contributed by atoms with Crippen molar-refractivity contribution in [3.05, 3.63) is 63.3 Å². The van der Waals surface area contributed by atoms with Gasteiger partial charge in [0.05, 0.1) is 16.8 Å². The SMILES string of the molecule is CCOC(=O)c1c(OCc2ccccc2)c(=O)[nH]c2ccsc12. The molecule has 3 rings (SSSR count). The van der Waals surface area contributed by atoms with Gasteiger partial charge in [-0.15, -0.1) is 11.3 Å². The number of carbonyl (C=O) groups excluding carboxylic acids is 1. The quantitative estimate of drug-likeness (QED) is 0.729. The van der Waals surface area contributed by atoms with Crippen LogP contribution in [0.15, 0.2) is 46.6 Å². The van der Waals surface area contributed by atoms with Crippen LogP contribution < -0.4 is 10.3 Å². The molecule has 3 aromatic rings. The summed E-state index contributed by atoms with van der Waals surface area (Å²) in [5.41, 5.74) is 1.27. The van der Waals surface area contributed by atoms with Crippen molar-refractivity contribution in [2.45, 2.75) is 13.5 Å². The third-order valence-corrected chi connectivity index (χ3v) is 4.21. The third-order valence-electron chi connectivity index (χ3n) is 3.28. The first-order chi connectivity index (χ1) is 11.2. The maximum Gasteiger partial charge on any atom is 0.343 e. The van der Waals surface area contributed by atoms with E-state index in [2.05, 4.69) is 4.98 Å². The fourth-order valence-electron chi connectivity index (χ4n) is 2.25. The third kappa shape index (κ3) is 3.12. The lowest BCUT2D eigenvalue weighted by molar-refractivity contribution is 0.0523. The molecule has 6 heteroatoms. The van der Waals surface area contributed by atoms with Crippen molar-refractivity contribution >= 4 is 27.5 Å². The molecule has 5 nitrogen and oxygen atoms in total. The van der Waals surface area contributed by atoms with E-state index in [1.54, 1.807) is 13.0 Å². The Morgan fingerprint density at radius 2 is 2.00 bits per heavy atom. The molecule has 118 valence electrons. The molecule has 0 atom stereocenters. The smallest absolute Gasteiger partial charge is 0.343 e. The predicted molar refractivity (Wildman–Crippen MR) is 89.2 cm³/mol. The molecule has 2 heterocycles. The van der Waals surface area contributed by atoms with E-state index in [4.69, 9.17) is 9.47 Å². The van der Waals surface area contributed by atoms with Crippen LogP contribution in [0.2, 0.25) is 0 Å². The lowest BCUT2D eigenvalue weighted by Crippen LogP contribution is -2.18. The summed E-state index contributed by atoms with van der Waals surface area (Å²) in [6, 6.07) is 11.2. The summed E-state index contributed by atoms with van der Waals surface area (Å²) in [4.78, 5) is 27.3. The molecule has 0 bridgehead atoms. The Kier molecular flexibility index (Phi) is 4.43. The summed E-state index contributed by atoms with van der Waals surface area (Å²) >= 11 is 1.36. The van der Waals surface area contributed by atoms with Crippen LogP contribution in [0.25, 0.3) is 10.2 Å². The molecule has 0 spiro atoms. The van der Waals surface area contributed by atoms with Gasteiger partial charge in [-0.05, 0) is 23.9 Å². The van der Waals surface area contributed by atoms with Gasteiger partial charge >= 0.3 is 5.97 Å². The van der Waals surface area contributed by atoms with Gasteiger partial charge in [0.25, 0.3) is 5.56 Å². The number of nitrogens with one attached hydrogen (secondary N) is 1. The van der Waals surface area contributed by atoms with Crippen molar-refractivity contribution in [3.8, 4) is 5.75 Å². The predicted octanol–water partition coefficient (Wildman–Crippen LogP) is 3.35. The zero-order valence-corrected chi connectivity index (χ0v) is 13.3. The summed E-state index contributed by atoms with van der Waals surface area (Å²) < 4.78 is 11.4. The second-order valence-electron chi connectivity index (χ2n) is 4.82. The summed E-state index contributed by atoms with van der Waals surface area (Å²) in [6.45, 7) is 2.16. The van der Waals surface area contributed by atoms with E-state index in [-0.39, 0.29) is 24.5 Å². The molecule has 0 amide bonds. The lowest BCUT2D eigenvalue weighted by atomic mass is 10.2. The van der Waals surface area contributed by atoms with Crippen LogP contribution in [0, 0.1) is 0 Å². The second kappa shape index (κ2) is 6.66. The van der Waals surface area contributed by atoms with E-state index in [1.165, 1.54) is 11.3 Å². The number of aromatic amines is 1. The molecule has 1 N–H and O–H groups in total. The molecule has 1 aromatic carbocycles. The fourth-order valence-corrected chi connectivity index (χ4v) is 3.13. The molecule has 0 aliphatic rings. The van der Waals surface area contributed by atoms with Gasteiger partial charge in [-0.3, -0.25) is 4.79 Å². The highest BCUT2D eigenvalue weighted by Crippen LogP contribution is 2.29. The topological polar surface area (TPSA) is 68.4 Å². The van der Waals surface area contributed by atoms with Crippen LogP contribution in [0.1, 0.15) is 22.8 Å². The summed E-state index contributed by atoms with van der Waals surface area (Å²) in [7, 11) is 0. The van der Waals surface area contributed by atoms with Gasteiger partial charge in [0.1, 0.15) is 12.2 Å². The van der Waals surface area contributed by atoms with Crippen LogP contribution >= 0.6 is 11.3 Å². The first-order valence-corrected chi connectivity index (χ1v) is 8.06. The van der Waals surface area contributed by atoms with Crippen LogP contribution in [-0.2, 0) is 11.3 Å². The average Bonchev–Trinajstić information content (AvgIpc) is 3.01. The highest BCUT2D eigenvalue weighted by molar-refractivity contribution is 7.17. The Labute approximate surface area is 136 Å². The largest absolute Gasteiger partial charge is 0.482 e. The minimum Gasteiger partial charge on any atom is -0.482 e. The summed E-state index contributed by atoms with van der Waals surface area (Å²) in [5, 5.41) is 1.81. The number of ether oxygens (including phenoxy) is 2. The lowest BCUT2D eigenvalue weighted by Gasteiger charge is -2.11. The van der Waals surface area contributed by atoms with Crippen molar-refractivity contribution in [2.24, 2.45) is 0 Å². The van der Waals surface area contributed by atoms with Crippen molar-refractivity contribution in [2.75, 3.05) is 6.61 Å². The van der Waals surface area contributed by atoms with Gasteiger partial charge in [0.2, 0.25) is 5.75 Å². The summed E-state index contributed by atoms with van der Waals surface area (Å²) in [6.07, 6.45) is 0. The first kappa shape index (κ1) is 15.3. The van der Waals surface area contributed by atoms with Gasteiger partial charge in [-0.1, -0.05) is 30.3 Å². The number of H-pyrrole nitrogens is 1. The zero-order chi connectivity index (χ0) is 16.2. The fraction of sp³-hybridized carbons (Fsp3) is 0.176. The maximum atomic E-state index is 12.3. The normalized spacial score (nSPS) is 10.7. The van der Waals surface area contributed by atoms with Gasteiger partial charge in [-0.25, -0.2) is 4.79 Å². The molecule has 23 heavy (non-hydrogen) atoms. The van der Waals surface area contributed by atoms with E-state index >= 15 is 0 Å². The number of hydrogen-bond donors (Lipinski definition) is 1. The molecule has 0 unspecified atom stereocenters. The van der Waals surface area contributed by atoms with Crippen molar-refractivity contribution in [1.82, 2.24) is 4.98 Å². The minimum atomic E-state index is -0.547. The van der Waals surface area contributed by atoms with E-state index < -0.39 is 11.5 Å². The number of esters is 1. The summed E-state index contributed by atoms with van der Waals surface area (Å²) in [5.74, 6) is -0.545. The second-order valence-corrected chi connectivity index (χ2v) is 5.73.